The van der Waals surface area contributed by atoms with Gasteiger partial charge in [0.25, 0.3) is 0 Å². The smallest absolute Gasteiger partial charge is 0.249 e. The first-order chi connectivity index (χ1) is 12.9. The summed E-state index contributed by atoms with van der Waals surface area (Å²) < 4.78 is 5.32. The van der Waals surface area contributed by atoms with Crippen LogP contribution in [0.3, 0.4) is 0 Å². The number of nitrogens with zero attached hydrogens (tertiary/aromatic N) is 3. The molecule has 1 aromatic heterocycles. The molecule has 2 aromatic rings. The second-order valence-corrected chi connectivity index (χ2v) is 7.36. The number of nitriles is 1. The van der Waals surface area contributed by atoms with Gasteiger partial charge < -0.3 is 15.4 Å². The normalized spacial score (nSPS) is 17.7. The summed E-state index contributed by atoms with van der Waals surface area (Å²) in [5, 5.41) is 9.79. The van der Waals surface area contributed by atoms with Gasteiger partial charge >= 0.3 is 0 Å². The fourth-order valence-corrected chi connectivity index (χ4v) is 4.14. The average molecular weight is 384 g/mol. The number of amides is 2. The van der Waals surface area contributed by atoms with Gasteiger partial charge in [0.2, 0.25) is 11.8 Å². The zero-order chi connectivity index (χ0) is 19.6. The van der Waals surface area contributed by atoms with Gasteiger partial charge in [-0.2, -0.15) is 5.26 Å². The number of rotatable bonds is 5. The lowest BCUT2D eigenvalue weighted by Crippen LogP contribution is -2.36. The molecule has 0 unspecified atom stereocenters. The van der Waals surface area contributed by atoms with E-state index >= 15 is 0 Å². The largest absolute Gasteiger partial charge is 0.377 e. The third-order valence-electron chi connectivity index (χ3n) is 4.66. The van der Waals surface area contributed by atoms with Crippen LogP contribution in [0.4, 0.5) is 0 Å². The number of methoxy groups -OCH3 is 1. The van der Waals surface area contributed by atoms with Gasteiger partial charge in [0, 0.05) is 18.2 Å². The molecule has 1 fully saturated rings. The first-order valence-electron chi connectivity index (χ1n) is 8.47. The van der Waals surface area contributed by atoms with Gasteiger partial charge in [-0.3, -0.25) is 14.6 Å². The number of carbonyl (C=O) groups is 2. The molecular weight excluding hydrogens is 364 g/mol. The van der Waals surface area contributed by atoms with E-state index in [1.54, 1.807) is 35.9 Å². The lowest BCUT2D eigenvalue weighted by Gasteiger charge is -2.18. The number of primary amides is 1. The van der Waals surface area contributed by atoms with Crippen LogP contribution in [0, 0.1) is 11.3 Å². The Labute approximate surface area is 161 Å². The molecule has 1 aliphatic rings. The summed E-state index contributed by atoms with van der Waals surface area (Å²) in [5.41, 5.74) is 7.84. The third kappa shape index (κ3) is 3.89. The number of pyridine rings is 1. The molecule has 3 rings (SSSR count). The van der Waals surface area contributed by atoms with Crippen LogP contribution in [-0.2, 0) is 16.0 Å². The first kappa shape index (κ1) is 19.1. The van der Waals surface area contributed by atoms with E-state index in [1.165, 1.54) is 0 Å². The molecule has 8 heteroatoms. The molecule has 2 amide bonds. The minimum absolute atomic E-state index is 0.0190. The number of nitrogens with two attached hydrogens (primary N) is 1. The monoisotopic (exact) mass is 384 g/mol. The van der Waals surface area contributed by atoms with Gasteiger partial charge in [-0.15, -0.1) is 11.8 Å². The van der Waals surface area contributed by atoms with Crippen LogP contribution in [0.1, 0.15) is 34.6 Å². The number of thioether (sulfide) groups is 1. The lowest BCUT2D eigenvalue weighted by molar-refractivity contribution is -0.130. The van der Waals surface area contributed by atoms with Crippen LogP contribution in [0.2, 0.25) is 0 Å². The molecule has 140 valence electrons. The van der Waals surface area contributed by atoms with Crippen molar-refractivity contribution >= 4 is 34.5 Å². The number of ether oxygens (including phenoxy) is 1. The highest BCUT2D eigenvalue weighted by Gasteiger charge is 2.29. The van der Waals surface area contributed by atoms with E-state index in [1.807, 2.05) is 19.1 Å². The molecule has 1 aromatic carbocycles. The Balaban J connectivity index is 1.96. The predicted molar refractivity (Wildman–Crippen MR) is 103 cm³/mol. The summed E-state index contributed by atoms with van der Waals surface area (Å²) in [7, 11) is 1.61. The number of hydrogen-bond acceptors (Lipinski definition) is 6. The van der Waals surface area contributed by atoms with Crippen molar-refractivity contribution in [3.05, 3.63) is 41.1 Å². The van der Waals surface area contributed by atoms with Crippen molar-refractivity contribution in [1.82, 2.24) is 9.88 Å². The highest BCUT2D eigenvalue weighted by Crippen LogP contribution is 2.26. The number of hydrogen-bond donors (Lipinski definition) is 1. The van der Waals surface area contributed by atoms with Crippen molar-refractivity contribution in [1.29, 1.82) is 5.26 Å². The van der Waals surface area contributed by atoms with Crippen LogP contribution in [-0.4, -0.2) is 46.5 Å². The minimum Gasteiger partial charge on any atom is -0.377 e. The summed E-state index contributed by atoms with van der Waals surface area (Å²) in [6.45, 7) is 1.91. The van der Waals surface area contributed by atoms with Gasteiger partial charge in [0.15, 0.2) is 0 Å². The molecule has 0 bridgehead atoms. The highest BCUT2D eigenvalue weighted by atomic mass is 32.2. The Hall–Kier alpha value is -2.63. The lowest BCUT2D eigenvalue weighted by atomic mass is 10.0. The predicted octanol–water partition coefficient (Wildman–Crippen LogP) is 2.01. The van der Waals surface area contributed by atoms with Crippen molar-refractivity contribution in [3.8, 4) is 6.07 Å². The first-order valence-corrected chi connectivity index (χ1v) is 9.63. The molecule has 2 N–H and O–H groups in total. The number of carbonyl (C=O) groups excluding carboxylic acids is 2. The summed E-state index contributed by atoms with van der Waals surface area (Å²) in [5.74, 6) is 0.342. The van der Waals surface area contributed by atoms with Crippen molar-refractivity contribution in [2.24, 2.45) is 5.73 Å². The Morgan fingerprint density at radius 2 is 2.26 bits per heavy atom. The zero-order valence-corrected chi connectivity index (χ0v) is 16.0. The number of aromatic nitrogens is 1. The molecular formula is C19H20N4O3S. The highest BCUT2D eigenvalue weighted by molar-refractivity contribution is 7.99. The Bertz CT molecular complexity index is 940. The van der Waals surface area contributed by atoms with Gasteiger partial charge in [0.05, 0.1) is 41.2 Å². The van der Waals surface area contributed by atoms with E-state index in [4.69, 9.17) is 15.7 Å². The molecule has 0 spiro atoms. The van der Waals surface area contributed by atoms with Crippen molar-refractivity contribution in [2.45, 2.75) is 25.5 Å². The molecule has 0 radical (unpaired) electrons. The molecule has 2 atom stereocenters. The zero-order valence-electron chi connectivity index (χ0n) is 15.1. The Kier molecular flexibility index (Phi) is 5.63. The molecule has 1 aliphatic heterocycles. The number of fused-ring (bicyclic) bond motifs is 1. The minimum atomic E-state index is -0.579. The summed E-state index contributed by atoms with van der Waals surface area (Å²) >= 11 is 1.55. The van der Waals surface area contributed by atoms with E-state index in [9.17, 15) is 9.59 Å². The number of benzene rings is 1. The topological polar surface area (TPSA) is 109 Å². The summed E-state index contributed by atoms with van der Waals surface area (Å²) in [6, 6.07) is 8.80. The van der Waals surface area contributed by atoms with Crippen molar-refractivity contribution < 1.29 is 14.3 Å². The second kappa shape index (κ2) is 7.94. The van der Waals surface area contributed by atoms with E-state index in [0.717, 1.165) is 5.56 Å². The SMILES string of the molecule is CO[C@H](C)c1ccc2nc(CC(=O)N3CSC[C@H]3C#N)cc(C(N)=O)c2c1. The maximum absolute atomic E-state index is 12.6. The van der Waals surface area contributed by atoms with Gasteiger partial charge in [-0.1, -0.05) is 6.07 Å². The maximum atomic E-state index is 12.6. The van der Waals surface area contributed by atoms with Crippen molar-refractivity contribution in [2.75, 3.05) is 18.7 Å². The van der Waals surface area contributed by atoms with Crippen LogP contribution in [0.25, 0.3) is 10.9 Å². The molecule has 1 saturated heterocycles. The molecule has 0 aliphatic carbocycles. The Morgan fingerprint density at radius 3 is 2.93 bits per heavy atom. The quantitative estimate of drug-likeness (QED) is 0.844. The van der Waals surface area contributed by atoms with Crippen LogP contribution < -0.4 is 5.73 Å². The molecule has 2 heterocycles. The Morgan fingerprint density at radius 1 is 1.48 bits per heavy atom. The third-order valence-corrected chi connectivity index (χ3v) is 5.67. The van der Waals surface area contributed by atoms with Gasteiger partial charge in [0.1, 0.15) is 6.04 Å². The average Bonchev–Trinajstić information content (AvgIpc) is 3.15. The van der Waals surface area contributed by atoms with Crippen molar-refractivity contribution in [3.63, 3.8) is 0 Å². The van der Waals surface area contributed by atoms with Gasteiger partial charge in [-0.05, 0) is 30.7 Å². The summed E-state index contributed by atoms with van der Waals surface area (Å²) in [4.78, 5) is 30.6. The van der Waals surface area contributed by atoms with E-state index in [0.29, 0.717) is 33.8 Å². The van der Waals surface area contributed by atoms with E-state index in [2.05, 4.69) is 11.1 Å². The maximum Gasteiger partial charge on any atom is 0.249 e. The second-order valence-electron chi connectivity index (χ2n) is 6.37. The standard InChI is InChI=1S/C19H20N4O3S/c1-11(26-2)12-3-4-17-15(5-12)16(19(21)25)6-13(22-17)7-18(24)23-10-27-9-14(23)8-20/h3-6,11,14H,7,9-10H2,1-2H3,(H2,21,25)/t11-,14-/m1/s1. The fraction of sp³-hybridized carbons (Fsp3) is 0.368. The fourth-order valence-electron chi connectivity index (χ4n) is 3.03. The van der Waals surface area contributed by atoms with E-state index < -0.39 is 11.9 Å². The van der Waals surface area contributed by atoms with E-state index in [-0.39, 0.29) is 18.4 Å². The molecule has 7 nitrogen and oxygen atoms in total. The molecule has 27 heavy (non-hydrogen) atoms. The van der Waals surface area contributed by atoms with Gasteiger partial charge in [-0.25, -0.2) is 0 Å². The summed E-state index contributed by atoms with van der Waals surface area (Å²) in [6.07, 6.45) is -0.113. The van der Waals surface area contributed by atoms with Crippen LogP contribution >= 0.6 is 11.8 Å². The molecule has 0 saturated carbocycles. The van der Waals surface area contributed by atoms with Crippen LogP contribution in [0.15, 0.2) is 24.3 Å². The van der Waals surface area contributed by atoms with Crippen LogP contribution in [0.5, 0.6) is 0 Å².